The van der Waals surface area contributed by atoms with E-state index in [1.807, 2.05) is 37.3 Å². The summed E-state index contributed by atoms with van der Waals surface area (Å²) in [7, 11) is 0. The van der Waals surface area contributed by atoms with Crippen molar-refractivity contribution in [2.24, 2.45) is 0 Å². The van der Waals surface area contributed by atoms with Gasteiger partial charge in [-0.1, -0.05) is 43.3 Å². The summed E-state index contributed by atoms with van der Waals surface area (Å²) in [6.45, 7) is 5.58. The van der Waals surface area contributed by atoms with Gasteiger partial charge in [-0.05, 0) is 24.8 Å². The Morgan fingerprint density at radius 1 is 1.44 bits per heavy atom. The van der Waals surface area contributed by atoms with E-state index >= 15 is 0 Å². The van der Waals surface area contributed by atoms with Gasteiger partial charge < -0.3 is 5.11 Å². The highest BCUT2D eigenvalue weighted by molar-refractivity contribution is 5.81. The normalized spacial score (nSPS) is 14.1. The molecule has 0 spiro atoms. The molecule has 1 N–H and O–H groups in total. The van der Waals surface area contributed by atoms with Crippen molar-refractivity contribution in [1.29, 1.82) is 0 Å². The Kier molecular flexibility index (Phi) is 4.29. The third-order valence-corrected chi connectivity index (χ3v) is 3.11. The lowest BCUT2D eigenvalue weighted by molar-refractivity contribution is -0.144. The monoisotopic (exact) mass is 218 g/mol. The molecule has 1 aromatic carbocycles. The lowest BCUT2D eigenvalue weighted by Gasteiger charge is -2.28. The fourth-order valence-electron chi connectivity index (χ4n) is 2.01. The highest BCUT2D eigenvalue weighted by atomic mass is 16.4. The topological polar surface area (TPSA) is 37.3 Å². The van der Waals surface area contributed by atoms with Crippen LogP contribution in [0.1, 0.15) is 31.7 Å². The van der Waals surface area contributed by atoms with E-state index in [1.54, 1.807) is 6.08 Å². The molecule has 0 aliphatic carbocycles. The number of aliphatic carboxylic acids is 1. The van der Waals surface area contributed by atoms with Crippen molar-refractivity contribution < 1.29 is 9.90 Å². The second-order valence-electron chi connectivity index (χ2n) is 3.93. The van der Waals surface area contributed by atoms with Gasteiger partial charge in [0, 0.05) is 0 Å². The molecule has 2 heteroatoms. The maximum absolute atomic E-state index is 11.5. The fourth-order valence-corrected chi connectivity index (χ4v) is 2.01. The summed E-state index contributed by atoms with van der Waals surface area (Å²) >= 11 is 0. The van der Waals surface area contributed by atoms with Crippen molar-refractivity contribution in [3.05, 3.63) is 48.6 Å². The fraction of sp³-hybridized carbons (Fsp3) is 0.357. The van der Waals surface area contributed by atoms with Crippen molar-refractivity contribution in [3.63, 3.8) is 0 Å². The van der Waals surface area contributed by atoms with Gasteiger partial charge in [0.25, 0.3) is 0 Å². The number of carboxylic acids is 1. The molecule has 16 heavy (non-hydrogen) atoms. The first-order valence-electron chi connectivity index (χ1n) is 5.57. The van der Waals surface area contributed by atoms with E-state index in [9.17, 15) is 9.90 Å². The summed E-state index contributed by atoms with van der Waals surface area (Å²) < 4.78 is 0. The van der Waals surface area contributed by atoms with Gasteiger partial charge in [-0.2, -0.15) is 0 Å². The minimum absolute atomic E-state index is 0.597. The molecule has 1 atom stereocenters. The van der Waals surface area contributed by atoms with Crippen molar-refractivity contribution in [3.8, 4) is 0 Å². The van der Waals surface area contributed by atoms with Gasteiger partial charge >= 0.3 is 5.97 Å². The van der Waals surface area contributed by atoms with E-state index in [4.69, 9.17) is 0 Å². The minimum atomic E-state index is -0.768. The number of allylic oxidation sites excluding steroid dienone is 1. The molecule has 0 aliphatic rings. The van der Waals surface area contributed by atoms with E-state index < -0.39 is 11.4 Å². The number of hydrogen-bond acceptors (Lipinski definition) is 1. The van der Waals surface area contributed by atoms with Gasteiger partial charge in [0.05, 0.1) is 5.41 Å². The molecule has 2 nitrogen and oxygen atoms in total. The molecular weight excluding hydrogens is 200 g/mol. The smallest absolute Gasteiger partial charge is 0.314 e. The summed E-state index contributed by atoms with van der Waals surface area (Å²) in [5, 5.41) is 9.47. The number of benzene rings is 1. The third kappa shape index (κ3) is 2.32. The highest BCUT2D eigenvalue weighted by Gasteiger charge is 2.37. The molecule has 0 saturated carbocycles. The molecular formula is C14H18O2. The number of rotatable bonds is 6. The Hall–Kier alpha value is -1.57. The molecule has 0 bridgehead atoms. The standard InChI is InChI=1S/C14H18O2/c1-3-5-11-14(4-2,13(15)16)12-9-7-6-8-10-12/h3,6-10H,1,4-5,11H2,2H3,(H,15,16). The Morgan fingerprint density at radius 2 is 2.06 bits per heavy atom. The van der Waals surface area contributed by atoms with Crippen LogP contribution in [0.3, 0.4) is 0 Å². The summed E-state index contributed by atoms with van der Waals surface area (Å²) in [6.07, 6.45) is 3.69. The first-order valence-corrected chi connectivity index (χ1v) is 5.57. The SMILES string of the molecule is C=CCCC(CC)(C(=O)O)c1ccccc1. The maximum Gasteiger partial charge on any atom is 0.314 e. The van der Waals surface area contributed by atoms with Gasteiger partial charge in [-0.25, -0.2) is 0 Å². The Bertz CT molecular complexity index is 356. The largest absolute Gasteiger partial charge is 0.481 e. The van der Waals surface area contributed by atoms with Crippen LogP contribution in [0, 0.1) is 0 Å². The van der Waals surface area contributed by atoms with Crippen molar-refractivity contribution in [1.82, 2.24) is 0 Å². The quantitative estimate of drug-likeness (QED) is 0.743. The van der Waals surface area contributed by atoms with E-state index in [2.05, 4.69) is 6.58 Å². The third-order valence-electron chi connectivity index (χ3n) is 3.11. The second-order valence-corrected chi connectivity index (χ2v) is 3.93. The van der Waals surface area contributed by atoms with Gasteiger partial charge in [0.1, 0.15) is 0 Å². The van der Waals surface area contributed by atoms with Crippen LogP contribution in [-0.4, -0.2) is 11.1 Å². The average molecular weight is 218 g/mol. The van der Waals surface area contributed by atoms with Crippen LogP contribution in [0.5, 0.6) is 0 Å². The molecule has 0 heterocycles. The number of carbonyl (C=O) groups is 1. The van der Waals surface area contributed by atoms with Crippen molar-refractivity contribution >= 4 is 5.97 Å². The first-order chi connectivity index (χ1) is 7.67. The lowest BCUT2D eigenvalue weighted by atomic mass is 9.74. The molecule has 0 amide bonds. The van der Waals surface area contributed by atoms with Crippen LogP contribution in [0.4, 0.5) is 0 Å². The van der Waals surface area contributed by atoms with E-state index in [-0.39, 0.29) is 0 Å². The van der Waals surface area contributed by atoms with Crippen molar-refractivity contribution in [2.75, 3.05) is 0 Å². The van der Waals surface area contributed by atoms with Gasteiger partial charge in [0.2, 0.25) is 0 Å². The predicted octanol–water partition coefficient (Wildman–Crippen LogP) is 3.39. The van der Waals surface area contributed by atoms with Gasteiger partial charge in [0.15, 0.2) is 0 Å². The van der Waals surface area contributed by atoms with E-state index in [0.717, 1.165) is 12.0 Å². The zero-order valence-electron chi connectivity index (χ0n) is 9.65. The van der Waals surface area contributed by atoms with Crippen LogP contribution < -0.4 is 0 Å². The zero-order chi connectivity index (χ0) is 12.0. The molecule has 1 rings (SSSR count). The highest BCUT2D eigenvalue weighted by Crippen LogP contribution is 2.33. The summed E-state index contributed by atoms with van der Waals surface area (Å²) in [4.78, 5) is 11.5. The van der Waals surface area contributed by atoms with Crippen LogP contribution in [0.2, 0.25) is 0 Å². The molecule has 1 unspecified atom stereocenters. The van der Waals surface area contributed by atoms with Crippen LogP contribution >= 0.6 is 0 Å². The summed E-state index contributed by atoms with van der Waals surface area (Å²) in [5.74, 6) is -0.747. The van der Waals surface area contributed by atoms with Gasteiger partial charge in [-0.3, -0.25) is 4.79 Å². The molecule has 0 fully saturated rings. The lowest BCUT2D eigenvalue weighted by Crippen LogP contribution is -2.35. The van der Waals surface area contributed by atoms with Gasteiger partial charge in [-0.15, -0.1) is 6.58 Å². The maximum atomic E-state index is 11.5. The van der Waals surface area contributed by atoms with E-state index in [0.29, 0.717) is 12.8 Å². The van der Waals surface area contributed by atoms with Crippen molar-refractivity contribution in [2.45, 2.75) is 31.6 Å². The Morgan fingerprint density at radius 3 is 2.50 bits per heavy atom. The molecule has 0 aromatic heterocycles. The van der Waals surface area contributed by atoms with Crippen LogP contribution in [0.25, 0.3) is 0 Å². The zero-order valence-corrected chi connectivity index (χ0v) is 9.65. The second kappa shape index (κ2) is 5.50. The molecule has 1 aromatic rings. The first kappa shape index (κ1) is 12.5. The molecule has 0 radical (unpaired) electrons. The Labute approximate surface area is 96.6 Å². The molecule has 86 valence electrons. The summed E-state index contributed by atoms with van der Waals surface area (Å²) in [6, 6.07) is 9.45. The van der Waals surface area contributed by atoms with E-state index in [1.165, 1.54) is 0 Å². The van der Waals surface area contributed by atoms with Crippen LogP contribution in [0.15, 0.2) is 43.0 Å². The molecule has 0 saturated heterocycles. The average Bonchev–Trinajstić information content (AvgIpc) is 2.31. The Balaban J connectivity index is 3.12. The number of carboxylic acid groups (broad SMARTS) is 1. The number of hydrogen-bond donors (Lipinski definition) is 1. The summed E-state index contributed by atoms with van der Waals surface area (Å²) in [5.41, 5.74) is 0.113. The predicted molar refractivity (Wildman–Crippen MR) is 65.5 cm³/mol. The molecule has 0 aliphatic heterocycles. The van der Waals surface area contributed by atoms with Crippen LogP contribution in [-0.2, 0) is 10.2 Å². The minimum Gasteiger partial charge on any atom is -0.481 e.